The van der Waals surface area contributed by atoms with Gasteiger partial charge < -0.3 is 5.32 Å². The van der Waals surface area contributed by atoms with Crippen LogP contribution in [0.15, 0.2) is 12.3 Å². The number of nitrogens with zero attached hydrogens (tertiary/aromatic N) is 3. The van der Waals surface area contributed by atoms with Gasteiger partial charge in [-0.05, 0) is 0 Å². The van der Waals surface area contributed by atoms with Crippen LogP contribution in [0.1, 0.15) is 6.42 Å². The fraction of sp³-hybridized carbons (Fsp3) is 0.444. The summed E-state index contributed by atoms with van der Waals surface area (Å²) in [5, 5.41) is 7.01. The highest BCUT2D eigenvalue weighted by Gasteiger charge is 2.36. The Bertz CT molecular complexity index is 412. The predicted octanol–water partition coefficient (Wildman–Crippen LogP) is -0.411. The minimum absolute atomic E-state index is 0.159. The van der Waals surface area contributed by atoms with E-state index in [0.717, 1.165) is 4.90 Å². The highest BCUT2D eigenvalue weighted by Crippen LogP contribution is 2.15. The summed E-state index contributed by atoms with van der Waals surface area (Å²) < 4.78 is 1.63. The summed E-state index contributed by atoms with van der Waals surface area (Å²) in [5.74, 6) is 0.248. The molecule has 0 spiro atoms. The number of anilines is 1. The molecule has 0 aliphatic carbocycles. The molecule has 1 N–H and O–H groups in total. The minimum Gasteiger partial charge on any atom is -0.356 e. The lowest BCUT2D eigenvalue weighted by atomic mass is 10.2. The van der Waals surface area contributed by atoms with Crippen LogP contribution in [0.4, 0.5) is 5.82 Å². The van der Waals surface area contributed by atoms with Crippen molar-refractivity contribution < 1.29 is 9.59 Å². The van der Waals surface area contributed by atoms with Gasteiger partial charge >= 0.3 is 0 Å². The van der Waals surface area contributed by atoms with E-state index >= 15 is 0 Å². The molecule has 80 valence electrons. The number of aromatic nitrogens is 2. The number of likely N-dealkylation sites (tertiary alicyclic amines) is 1. The van der Waals surface area contributed by atoms with E-state index in [1.807, 2.05) is 0 Å². The van der Waals surface area contributed by atoms with Gasteiger partial charge in [-0.1, -0.05) is 0 Å². The fourth-order valence-corrected chi connectivity index (χ4v) is 1.54. The molecule has 6 heteroatoms. The molecular weight excluding hydrogens is 196 g/mol. The Kier molecular flexibility index (Phi) is 2.18. The Balaban J connectivity index is 2.08. The summed E-state index contributed by atoms with van der Waals surface area (Å²) in [7, 11) is 3.28. The molecule has 0 aromatic carbocycles. The molecule has 2 heterocycles. The van der Waals surface area contributed by atoms with Gasteiger partial charge in [-0.2, -0.15) is 5.10 Å². The predicted molar refractivity (Wildman–Crippen MR) is 53.0 cm³/mol. The van der Waals surface area contributed by atoms with Crippen LogP contribution in [-0.4, -0.2) is 39.6 Å². The Morgan fingerprint density at radius 1 is 1.47 bits per heavy atom. The molecule has 2 amide bonds. The molecule has 1 aliphatic heterocycles. The average molecular weight is 208 g/mol. The SMILES string of the molecule is CN1C(=O)CC(Nc2ccn(C)n2)C1=O. The number of hydrogen-bond acceptors (Lipinski definition) is 4. The van der Waals surface area contributed by atoms with E-state index in [2.05, 4.69) is 10.4 Å². The first-order valence-corrected chi connectivity index (χ1v) is 4.64. The highest BCUT2D eigenvalue weighted by molar-refractivity contribution is 6.06. The number of rotatable bonds is 2. The summed E-state index contributed by atoms with van der Waals surface area (Å²) in [5.41, 5.74) is 0. The second-order valence-corrected chi connectivity index (χ2v) is 3.57. The molecule has 0 saturated carbocycles. The highest BCUT2D eigenvalue weighted by atomic mass is 16.2. The van der Waals surface area contributed by atoms with E-state index in [9.17, 15) is 9.59 Å². The number of carbonyl (C=O) groups excluding carboxylic acids is 2. The van der Waals surface area contributed by atoms with Gasteiger partial charge in [0.25, 0.3) is 5.91 Å². The molecule has 2 rings (SSSR count). The number of carbonyl (C=O) groups is 2. The molecule has 0 bridgehead atoms. The smallest absolute Gasteiger partial charge is 0.251 e. The third kappa shape index (κ3) is 1.70. The lowest BCUT2D eigenvalue weighted by molar-refractivity contribution is -0.136. The van der Waals surface area contributed by atoms with E-state index in [-0.39, 0.29) is 18.2 Å². The molecule has 0 radical (unpaired) electrons. The maximum absolute atomic E-state index is 11.5. The van der Waals surface area contributed by atoms with Crippen molar-refractivity contribution in [3.05, 3.63) is 12.3 Å². The third-order valence-corrected chi connectivity index (χ3v) is 2.42. The van der Waals surface area contributed by atoms with Crippen molar-refractivity contribution in [3.8, 4) is 0 Å². The lowest BCUT2D eigenvalue weighted by Crippen LogP contribution is -2.31. The van der Waals surface area contributed by atoms with Gasteiger partial charge in [-0.15, -0.1) is 0 Å². The lowest BCUT2D eigenvalue weighted by Gasteiger charge is -2.09. The molecule has 1 saturated heterocycles. The molecular formula is C9H12N4O2. The van der Waals surface area contributed by atoms with Crippen LogP contribution >= 0.6 is 0 Å². The van der Waals surface area contributed by atoms with Crippen LogP contribution in [-0.2, 0) is 16.6 Å². The fourth-order valence-electron chi connectivity index (χ4n) is 1.54. The van der Waals surface area contributed by atoms with Crippen molar-refractivity contribution >= 4 is 17.6 Å². The molecule has 15 heavy (non-hydrogen) atoms. The standard InChI is InChI=1S/C9H12N4O2/c1-12-4-3-7(11-12)10-6-5-8(14)13(2)9(6)15/h3-4,6H,5H2,1-2H3,(H,10,11). The maximum Gasteiger partial charge on any atom is 0.251 e. The first-order valence-electron chi connectivity index (χ1n) is 4.64. The van der Waals surface area contributed by atoms with Crippen molar-refractivity contribution in [2.24, 2.45) is 7.05 Å². The van der Waals surface area contributed by atoms with E-state index < -0.39 is 6.04 Å². The first-order chi connectivity index (χ1) is 7.08. The van der Waals surface area contributed by atoms with Gasteiger partial charge in [0.15, 0.2) is 0 Å². The van der Waals surface area contributed by atoms with Crippen LogP contribution in [0.5, 0.6) is 0 Å². The summed E-state index contributed by atoms with van der Waals surface area (Å²) in [6, 6.07) is 1.29. The van der Waals surface area contributed by atoms with E-state index in [1.165, 1.54) is 7.05 Å². The van der Waals surface area contributed by atoms with Crippen molar-refractivity contribution in [2.75, 3.05) is 12.4 Å². The number of nitrogens with one attached hydrogen (secondary N) is 1. The Labute approximate surface area is 86.9 Å². The van der Waals surface area contributed by atoms with Gasteiger partial charge in [-0.25, -0.2) is 0 Å². The second-order valence-electron chi connectivity index (χ2n) is 3.57. The molecule has 1 aromatic rings. The molecule has 1 aliphatic rings. The minimum atomic E-state index is -0.475. The molecule has 6 nitrogen and oxygen atoms in total. The summed E-state index contributed by atoms with van der Waals surface area (Å²) in [6.45, 7) is 0. The van der Waals surface area contributed by atoms with Crippen molar-refractivity contribution in [3.63, 3.8) is 0 Å². The topological polar surface area (TPSA) is 67.2 Å². The van der Waals surface area contributed by atoms with E-state index in [1.54, 1.807) is 24.0 Å². The number of hydrogen-bond donors (Lipinski definition) is 1. The monoisotopic (exact) mass is 208 g/mol. The molecule has 1 aromatic heterocycles. The van der Waals surface area contributed by atoms with Crippen LogP contribution in [0.2, 0.25) is 0 Å². The van der Waals surface area contributed by atoms with E-state index in [0.29, 0.717) is 5.82 Å². The Hall–Kier alpha value is -1.85. The van der Waals surface area contributed by atoms with Gasteiger partial charge in [0.2, 0.25) is 5.91 Å². The van der Waals surface area contributed by atoms with Crippen molar-refractivity contribution in [1.29, 1.82) is 0 Å². The normalized spacial score (nSPS) is 21.2. The van der Waals surface area contributed by atoms with Gasteiger partial charge in [0, 0.05) is 26.4 Å². The van der Waals surface area contributed by atoms with Crippen LogP contribution in [0, 0.1) is 0 Å². The zero-order chi connectivity index (χ0) is 11.0. The number of aryl methyl sites for hydroxylation is 1. The van der Waals surface area contributed by atoms with Crippen molar-refractivity contribution in [2.45, 2.75) is 12.5 Å². The quantitative estimate of drug-likeness (QED) is 0.671. The van der Waals surface area contributed by atoms with Crippen molar-refractivity contribution in [1.82, 2.24) is 14.7 Å². The van der Waals surface area contributed by atoms with Gasteiger partial charge in [-0.3, -0.25) is 19.2 Å². The average Bonchev–Trinajstić information content (AvgIpc) is 2.68. The van der Waals surface area contributed by atoms with Crippen LogP contribution in [0.25, 0.3) is 0 Å². The summed E-state index contributed by atoms with van der Waals surface area (Å²) in [4.78, 5) is 23.9. The third-order valence-electron chi connectivity index (χ3n) is 2.42. The Morgan fingerprint density at radius 3 is 2.67 bits per heavy atom. The molecule has 1 unspecified atom stereocenters. The largest absolute Gasteiger partial charge is 0.356 e. The van der Waals surface area contributed by atoms with Gasteiger partial charge in [0.05, 0.1) is 6.42 Å². The first kappa shape index (κ1) is 9.70. The second kappa shape index (κ2) is 3.38. The van der Waals surface area contributed by atoms with E-state index in [4.69, 9.17) is 0 Å². The zero-order valence-corrected chi connectivity index (χ0v) is 8.60. The maximum atomic E-state index is 11.5. The number of likely N-dealkylation sites (N-methyl/N-ethyl adjacent to an activating group) is 1. The van der Waals surface area contributed by atoms with Gasteiger partial charge in [0.1, 0.15) is 11.9 Å². The number of imide groups is 1. The molecule has 1 fully saturated rings. The van der Waals surface area contributed by atoms with Crippen LogP contribution < -0.4 is 5.32 Å². The summed E-state index contributed by atoms with van der Waals surface area (Å²) in [6.07, 6.45) is 1.97. The van der Waals surface area contributed by atoms with Crippen LogP contribution in [0.3, 0.4) is 0 Å². The molecule has 1 atom stereocenters. The summed E-state index contributed by atoms with van der Waals surface area (Å²) >= 11 is 0. The Morgan fingerprint density at radius 2 is 2.20 bits per heavy atom. The zero-order valence-electron chi connectivity index (χ0n) is 8.60. The number of amides is 2.